The van der Waals surface area contributed by atoms with Crippen LogP contribution in [0.1, 0.15) is 18.4 Å². The van der Waals surface area contributed by atoms with Crippen LogP contribution in [0.2, 0.25) is 0 Å². The fourth-order valence-corrected chi connectivity index (χ4v) is 3.36. The second-order valence-corrected chi connectivity index (χ2v) is 6.35. The molecule has 22 heavy (non-hydrogen) atoms. The first kappa shape index (κ1) is 15.3. The zero-order chi connectivity index (χ0) is 15.4. The Morgan fingerprint density at radius 2 is 1.91 bits per heavy atom. The second-order valence-electron chi connectivity index (χ2n) is 6.35. The Kier molecular flexibility index (Phi) is 4.96. The van der Waals surface area contributed by atoms with Crippen molar-refractivity contribution in [3.63, 3.8) is 0 Å². The molecule has 3 heteroatoms. The molecule has 1 heterocycles. The van der Waals surface area contributed by atoms with E-state index in [0.717, 1.165) is 24.8 Å². The minimum absolute atomic E-state index is 0.803. The molecule has 3 nitrogen and oxygen atoms in total. The number of likely N-dealkylation sites (tertiary alicyclic amines) is 1. The molecule has 3 rings (SSSR count). The van der Waals surface area contributed by atoms with Gasteiger partial charge in [0.15, 0.2) is 0 Å². The predicted octanol–water partition coefficient (Wildman–Crippen LogP) is 3.28. The van der Waals surface area contributed by atoms with Gasteiger partial charge in [-0.1, -0.05) is 30.3 Å². The van der Waals surface area contributed by atoms with Gasteiger partial charge in [-0.05, 0) is 62.3 Å². The highest BCUT2D eigenvalue weighted by Gasteiger charge is 2.16. The highest BCUT2D eigenvalue weighted by Crippen LogP contribution is 2.28. The van der Waals surface area contributed by atoms with Gasteiger partial charge in [0.2, 0.25) is 0 Å². The van der Waals surface area contributed by atoms with Crippen LogP contribution in [0.3, 0.4) is 0 Å². The van der Waals surface area contributed by atoms with Gasteiger partial charge in [-0.2, -0.15) is 0 Å². The molecule has 2 aromatic rings. The molecular formula is C19H26N2O. The van der Waals surface area contributed by atoms with E-state index in [9.17, 15) is 0 Å². The summed E-state index contributed by atoms with van der Waals surface area (Å²) in [6.07, 6.45) is 2.60. The molecule has 0 unspecified atom stereocenters. The first-order chi connectivity index (χ1) is 10.8. The van der Waals surface area contributed by atoms with Crippen molar-refractivity contribution in [1.29, 1.82) is 0 Å². The molecule has 0 bridgehead atoms. The molecule has 1 aliphatic heterocycles. The summed E-state index contributed by atoms with van der Waals surface area (Å²) in [5.74, 6) is 1.78. The van der Waals surface area contributed by atoms with Crippen LogP contribution < -0.4 is 10.1 Å². The van der Waals surface area contributed by atoms with Crippen molar-refractivity contribution in [3.8, 4) is 5.75 Å². The Labute approximate surface area is 133 Å². The second kappa shape index (κ2) is 7.12. The van der Waals surface area contributed by atoms with Crippen molar-refractivity contribution in [2.45, 2.75) is 19.4 Å². The number of fused-ring (bicyclic) bond motifs is 1. The number of methoxy groups -OCH3 is 1. The summed E-state index contributed by atoms with van der Waals surface area (Å²) in [6.45, 7) is 4.42. The fraction of sp³-hybridized carbons (Fsp3) is 0.474. The zero-order valence-electron chi connectivity index (χ0n) is 13.6. The maximum atomic E-state index is 5.56. The Hall–Kier alpha value is -1.58. The molecule has 118 valence electrons. The largest absolute Gasteiger partial charge is 0.496 e. The summed E-state index contributed by atoms with van der Waals surface area (Å²) in [4.78, 5) is 2.42. The van der Waals surface area contributed by atoms with Crippen molar-refractivity contribution in [2.24, 2.45) is 5.92 Å². The number of hydrogen-bond donors (Lipinski definition) is 1. The third-order valence-electron chi connectivity index (χ3n) is 4.79. The highest BCUT2D eigenvalue weighted by molar-refractivity contribution is 5.87. The number of benzene rings is 2. The van der Waals surface area contributed by atoms with Gasteiger partial charge in [0.05, 0.1) is 7.11 Å². The van der Waals surface area contributed by atoms with Gasteiger partial charge in [-0.15, -0.1) is 0 Å². The van der Waals surface area contributed by atoms with Crippen LogP contribution in [0.25, 0.3) is 10.8 Å². The lowest BCUT2D eigenvalue weighted by Crippen LogP contribution is -2.34. The molecule has 2 aromatic carbocycles. The number of ether oxygens (including phenoxy) is 1. The van der Waals surface area contributed by atoms with Crippen molar-refractivity contribution in [2.75, 3.05) is 33.8 Å². The van der Waals surface area contributed by atoms with Crippen LogP contribution in [-0.2, 0) is 6.54 Å². The Morgan fingerprint density at radius 1 is 1.14 bits per heavy atom. The zero-order valence-corrected chi connectivity index (χ0v) is 13.6. The smallest absolute Gasteiger partial charge is 0.123 e. The Morgan fingerprint density at radius 3 is 2.68 bits per heavy atom. The lowest BCUT2D eigenvalue weighted by atomic mass is 9.97. The molecule has 0 radical (unpaired) electrons. The number of rotatable bonds is 5. The molecule has 1 N–H and O–H groups in total. The van der Waals surface area contributed by atoms with E-state index in [1.807, 2.05) is 0 Å². The molecule has 0 aliphatic carbocycles. The lowest BCUT2D eigenvalue weighted by Gasteiger charge is -2.29. The normalized spacial score (nSPS) is 17.0. The van der Waals surface area contributed by atoms with Gasteiger partial charge in [0.25, 0.3) is 0 Å². The van der Waals surface area contributed by atoms with Crippen LogP contribution in [-0.4, -0.2) is 38.7 Å². The van der Waals surface area contributed by atoms with Gasteiger partial charge in [-0.3, -0.25) is 0 Å². The van der Waals surface area contributed by atoms with Gasteiger partial charge >= 0.3 is 0 Å². The first-order valence-corrected chi connectivity index (χ1v) is 8.22. The highest BCUT2D eigenvalue weighted by atomic mass is 16.5. The van der Waals surface area contributed by atoms with Crippen LogP contribution in [0.15, 0.2) is 36.4 Å². The summed E-state index contributed by atoms with van der Waals surface area (Å²) >= 11 is 0. The summed E-state index contributed by atoms with van der Waals surface area (Å²) in [7, 11) is 3.97. The minimum Gasteiger partial charge on any atom is -0.496 e. The van der Waals surface area contributed by atoms with Crippen molar-refractivity contribution < 1.29 is 4.74 Å². The van der Waals surface area contributed by atoms with Gasteiger partial charge in [-0.25, -0.2) is 0 Å². The molecular weight excluding hydrogens is 272 g/mol. The van der Waals surface area contributed by atoms with E-state index >= 15 is 0 Å². The van der Waals surface area contributed by atoms with Gasteiger partial charge < -0.3 is 15.0 Å². The molecule has 0 aromatic heterocycles. The first-order valence-electron chi connectivity index (χ1n) is 8.22. The van der Waals surface area contributed by atoms with Crippen LogP contribution in [0.5, 0.6) is 5.75 Å². The number of nitrogens with zero attached hydrogens (tertiary/aromatic N) is 1. The molecule has 0 saturated carbocycles. The monoisotopic (exact) mass is 298 g/mol. The molecule has 1 saturated heterocycles. The molecule has 0 spiro atoms. The summed E-state index contributed by atoms with van der Waals surface area (Å²) in [5.41, 5.74) is 1.27. The maximum absolute atomic E-state index is 5.56. The van der Waals surface area contributed by atoms with E-state index in [2.05, 4.69) is 53.7 Å². The van der Waals surface area contributed by atoms with E-state index in [4.69, 9.17) is 4.74 Å². The molecule has 1 aliphatic rings. The standard InChI is InChI=1S/C19H26N2O/c1-21-11-9-15(10-12-21)13-20-14-18-17-6-4-3-5-16(17)7-8-19(18)22-2/h3-8,15,20H,9-14H2,1-2H3. The maximum Gasteiger partial charge on any atom is 0.123 e. The summed E-state index contributed by atoms with van der Waals surface area (Å²) < 4.78 is 5.56. The van der Waals surface area contributed by atoms with Gasteiger partial charge in [0, 0.05) is 12.1 Å². The van der Waals surface area contributed by atoms with E-state index in [0.29, 0.717) is 0 Å². The number of hydrogen-bond acceptors (Lipinski definition) is 3. The summed E-state index contributed by atoms with van der Waals surface area (Å²) in [6, 6.07) is 12.7. The third-order valence-corrected chi connectivity index (χ3v) is 4.79. The third kappa shape index (κ3) is 3.42. The average molecular weight is 298 g/mol. The topological polar surface area (TPSA) is 24.5 Å². The van der Waals surface area contributed by atoms with Gasteiger partial charge in [0.1, 0.15) is 5.75 Å². The van der Waals surface area contributed by atoms with Crippen molar-refractivity contribution >= 4 is 10.8 Å². The molecule has 0 amide bonds. The van der Waals surface area contributed by atoms with Crippen molar-refractivity contribution in [1.82, 2.24) is 10.2 Å². The number of piperidine rings is 1. The fourth-order valence-electron chi connectivity index (χ4n) is 3.36. The van der Waals surface area contributed by atoms with Crippen molar-refractivity contribution in [3.05, 3.63) is 42.0 Å². The summed E-state index contributed by atoms with van der Waals surface area (Å²) in [5, 5.41) is 6.22. The van der Waals surface area contributed by atoms with E-state index in [1.54, 1.807) is 7.11 Å². The number of nitrogens with one attached hydrogen (secondary N) is 1. The van der Waals surface area contributed by atoms with Crippen LogP contribution in [0.4, 0.5) is 0 Å². The van der Waals surface area contributed by atoms with E-state index < -0.39 is 0 Å². The Balaban J connectivity index is 1.68. The predicted molar refractivity (Wildman–Crippen MR) is 92.4 cm³/mol. The lowest BCUT2D eigenvalue weighted by molar-refractivity contribution is 0.216. The average Bonchev–Trinajstić information content (AvgIpc) is 2.56. The molecule has 0 atom stereocenters. The quantitative estimate of drug-likeness (QED) is 0.917. The molecule has 1 fully saturated rings. The van der Waals surface area contributed by atoms with Crippen LogP contribution in [0, 0.1) is 5.92 Å². The minimum atomic E-state index is 0.803. The SMILES string of the molecule is COc1ccc2ccccc2c1CNCC1CCN(C)CC1. The van der Waals surface area contributed by atoms with Crippen LogP contribution >= 0.6 is 0 Å². The van der Waals surface area contributed by atoms with E-state index in [1.165, 1.54) is 42.3 Å². The Bertz CT molecular complexity index is 618. The van der Waals surface area contributed by atoms with E-state index in [-0.39, 0.29) is 0 Å².